The van der Waals surface area contributed by atoms with Crippen LogP contribution < -0.4 is 9.47 Å². The number of methoxy groups -OCH3 is 2. The minimum absolute atomic E-state index is 0.712. The van der Waals surface area contributed by atoms with Crippen LogP contribution in [0.1, 0.15) is 0 Å². The van der Waals surface area contributed by atoms with Gasteiger partial charge in [0.05, 0.1) is 36.4 Å². The van der Waals surface area contributed by atoms with Crippen molar-refractivity contribution >= 4 is 22.5 Å². The van der Waals surface area contributed by atoms with Crippen molar-refractivity contribution < 1.29 is 9.47 Å². The average Bonchev–Trinajstić information content (AvgIpc) is 3.31. The Hall–Kier alpha value is -2.85. The smallest absolute Gasteiger partial charge is 0.134 e. The molecule has 0 aliphatic carbocycles. The molecule has 4 rings (SSSR count). The average molecular weight is 353 g/mol. The topological polar surface area (TPSA) is 50.0 Å². The zero-order chi connectivity index (χ0) is 17.4. The number of H-pyrrole nitrogens is 2. The number of fused-ring (bicyclic) bond motifs is 1. The second kappa shape index (κ2) is 6.22. The normalized spacial score (nSPS) is 11.0. The SMILES string of the molecule is COc1cc(OC)c2c(-c3ccc(Cl)cc3)c[nH]c2c1-c1ccc[nH]1. The number of benzene rings is 2. The standard InChI is InChI=1S/C20H17ClN2O2/c1-24-16-10-17(25-2)19(15-4-3-9-22-15)20-18(16)14(11-23-20)12-5-7-13(21)8-6-12/h3-11,22-23H,1-2H3. The molecule has 25 heavy (non-hydrogen) atoms. The molecule has 2 N–H and O–H groups in total. The Labute approximate surface area is 150 Å². The molecule has 0 spiro atoms. The number of ether oxygens (including phenoxy) is 2. The van der Waals surface area contributed by atoms with Gasteiger partial charge in [-0.05, 0) is 29.8 Å². The molecule has 2 aromatic carbocycles. The maximum Gasteiger partial charge on any atom is 0.134 e. The first-order chi connectivity index (χ1) is 12.2. The van der Waals surface area contributed by atoms with Crippen LogP contribution in [0.5, 0.6) is 11.5 Å². The summed E-state index contributed by atoms with van der Waals surface area (Å²) in [6.07, 6.45) is 3.89. The molecule has 0 saturated carbocycles. The molecule has 0 aliphatic heterocycles. The van der Waals surface area contributed by atoms with E-state index in [-0.39, 0.29) is 0 Å². The lowest BCUT2D eigenvalue weighted by atomic mass is 10.00. The summed E-state index contributed by atoms with van der Waals surface area (Å²) in [5, 5.41) is 1.72. The maximum absolute atomic E-state index is 6.03. The van der Waals surface area contributed by atoms with Crippen LogP contribution >= 0.6 is 11.6 Å². The van der Waals surface area contributed by atoms with E-state index in [1.807, 2.05) is 54.9 Å². The van der Waals surface area contributed by atoms with Crippen molar-refractivity contribution in [1.82, 2.24) is 9.97 Å². The van der Waals surface area contributed by atoms with Gasteiger partial charge in [0.2, 0.25) is 0 Å². The van der Waals surface area contributed by atoms with Crippen LogP contribution in [-0.4, -0.2) is 24.2 Å². The number of halogens is 1. The fraction of sp³-hybridized carbons (Fsp3) is 0.100. The molecule has 0 bridgehead atoms. The Morgan fingerprint density at radius 1 is 0.920 bits per heavy atom. The summed E-state index contributed by atoms with van der Waals surface area (Å²) in [5.74, 6) is 1.50. The molecule has 0 fully saturated rings. The maximum atomic E-state index is 6.03. The summed E-state index contributed by atoms with van der Waals surface area (Å²) in [5.41, 5.74) is 5.04. The molecule has 0 unspecified atom stereocenters. The number of hydrogen-bond donors (Lipinski definition) is 2. The van der Waals surface area contributed by atoms with Gasteiger partial charge in [-0.2, -0.15) is 0 Å². The van der Waals surface area contributed by atoms with E-state index in [1.54, 1.807) is 14.2 Å². The Kier molecular flexibility index (Phi) is 3.90. The van der Waals surface area contributed by atoms with Crippen LogP contribution in [0.4, 0.5) is 0 Å². The molecule has 0 aliphatic rings. The highest BCUT2D eigenvalue weighted by Gasteiger charge is 2.20. The van der Waals surface area contributed by atoms with E-state index in [1.165, 1.54) is 0 Å². The molecule has 4 nitrogen and oxygen atoms in total. The van der Waals surface area contributed by atoms with E-state index in [9.17, 15) is 0 Å². The third-order valence-electron chi connectivity index (χ3n) is 4.35. The van der Waals surface area contributed by atoms with Crippen LogP contribution in [-0.2, 0) is 0 Å². The van der Waals surface area contributed by atoms with Crippen LogP contribution in [0.25, 0.3) is 33.3 Å². The third kappa shape index (κ3) is 2.55. The zero-order valence-corrected chi connectivity index (χ0v) is 14.6. The summed E-state index contributed by atoms with van der Waals surface area (Å²) in [4.78, 5) is 6.65. The van der Waals surface area contributed by atoms with Gasteiger partial charge in [-0.1, -0.05) is 23.7 Å². The van der Waals surface area contributed by atoms with E-state index in [4.69, 9.17) is 21.1 Å². The van der Waals surface area contributed by atoms with E-state index < -0.39 is 0 Å². The number of hydrogen-bond acceptors (Lipinski definition) is 2. The molecule has 0 radical (unpaired) electrons. The van der Waals surface area contributed by atoms with Gasteiger partial charge in [-0.15, -0.1) is 0 Å². The first-order valence-electron chi connectivity index (χ1n) is 7.88. The van der Waals surface area contributed by atoms with E-state index in [0.29, 0.717) is 5.02 Å². The van der Waals surface area contributed by atoms with Gasteiger partial charge < -0.3 is 19.4 Å². The molecule has 0 amide bonds. The highest BCUT2D eigenvalue weighted by atomic mass is 35.5. The van der Waals surface area contributed by atoms with Crippen LogP contribution in [0.3, 0.4) is 0 Å². The highest BCUT2D eigenvalue weighted by Crippen LogP contribution is 2.45. The number of rotatable bonds is 4. The monoisotopic (exact) mass is 352 g/mol. The van der Waals surface area contributed by atoms with Gasteiger partial charge in [0.15, 0.2) is 0 Å². The molecular weight excluding hydrogens is 336 g/mol. The molecular formula is C20H17ClN2O2. The van der Waals surface area contributed by atoms with E-state index in [0.717, 1.165) is 44.8 Å². The number of aromatic nitrogens is 2. The lowest BCUT2D eigenvalue weighted by Crippen LogP contribution is -1.93. The second-order valence-electron chi connectivity index (χ2n) is 5.70. The lowest BCUT2D eigenvalue weighted by molar-refractivity contribution is 0.399. The summed E-state index contributed by atoms with van der Waals surface area (Å²) in [6.45, 7) is 0. The molecule has 5 heteroatoms. The second-order valence-corrected chi connectivity index (χ2v) is 6.14. The third-order valence-corrected chi connectivity index (χ3v) is 4.60. The predicted molar refractivity (Wildman–Crippen MR) is 102 cm³/mol. The first-order valence-corrected chi connectivity index (χ1v) is 8.26. The van der Waals surface area contributed by atoms with Crippen molar-refractivity contribution in [2.24, 2.45) is 0 Å². The number of nitrogens with one attached hydrogen (secondary N) is 2. The summed E-state index contributed by atoms with van der Waals surface area (Å²) in [6, 6.07) is 13.7. The molecule has 0 saturated heterocycles. The summed E-state index contributed by atoms with van der Waals surface area (Å²) in [7, 11) is 3.33. The van der Waals surface area contributed by atoms with Crippen molar-refractivity contribution in [3.05, 3.63) is 59.9 Å². The first kappa shape index (κ1) is 15.7. The predicted octanol–water partition coefficient (Wildman–Crippen LogP) is 5.50. The van der Waals surface area contributed by atoms with Crippen molar-refractivity contribution in [3.63, 3.8) is 0 Å². The van der Waals surface area contributed by atoms with Gasteiger partial charge in [0, 0.05) is 29.0 Å². The van der Waals surface area contributed by atoms with Gasteiger partial charge in [-0.25, -0.2) is 0 Å². The van der Waals surface area contributed by atoms with Crippen molar-refractivity contribution in [2.45, 2.75) is 0 Å². The van der Waals surface area contributed by atoms with Crippen molar-refractivity contribution in [3.8, 4) is 33.9 Å². The lowest BCUT2D eigenvalue weighted by Gasteiger charge is -2.13. The van der Waals surface area contributed by atoms with Crippen LogP contribution in [0, 0.1) is 0 Å². The summed E-state index contributed by atoms with van der Waals surface area (Å²) < 4.78 is 11.3. The molecule has 2 heterocycles. The molecule has 126 valence electrons. The van der Waals surface area contributed by atoms with Gasteiger partial charge in [0.25, 0.3) is 0 Å². The zero-order valence-electron chi connectivity index (χ0n) is 13.9. The molecule has 0 atom stereocenters. The highest BCUT2D eigenvalue weighted by molar-refractivity contribution is 6.30. The van der Waals surface area contributed by atoms with Crippen molar-refractivity contribution in [1.29, 1.82) is 0 Å². The largest absolute Gasteiger partial charge is 0.496 e. The Bertz CT molecular complexity index is 1020. The van der Waals surface area contributed by atoms with Gasteiger partial charge >= 0.3 is 0 Å². The summed E-state index contributed by atoms with van der Waals surface area (Å²) >= 11 is 6.03. The Morgan fingerprint density at radius 2 is 1.68 bits per heavy atom. The minimum atomic E-state index is 0.712. The Balaban J connectivity index is 2.05. The van der Waals surface area contributed by atoms with Crippen LogP contribution in [0.2, 0.25) is 5.02 Å². The van der Waals surface area contributed by atoms with Crippen LogP contribution in [0.15, 0.2) is 54.9 Å². The fourth-order valence-corrected chi connectivity index (χ4v) is 3.32. The van der Waals surface area contributed by atoms with E-state index >= 15 is 0 Å². The molecule has 2 aromatic heterocycles. The van der Waals surface area contributed by atoms with Crippen molar-refractivity contribution in [2.75, 3.05) is 14.2 Å². The van der Waals surface area contributed by atoms with E-state index in [2.05, 4.69) is 9.97 Å². The van der Waals surface area contributed by atoms with Gasteiger partial charge in [0.1, 0.15) is 11.5 Å². The fourth-order valence-electron chi connectivity index (χ4n) is 3.20. The number of aromatic amines is 2. The van der Waals surface area contributed by atoms with Gasteiger partial charge in [-0.3, -0.25) is 0 Å². The quantitative estimate of drug-likeness (QED) is 0.509. The Morgan fingerprint density at radius 3 is 2.32 bits per heavy atom. The molecule has 4 aromatic rings. The minimum Gasteiger partial charge on any atom is -0.496 e.